The smallest absolute Gasteiger partial charge is 0.330 e. The van der Waals surface area contributed by atoms with Gasteiger partial charge in [-0.1, -0.05) is 36.4 Å². The number of carbonyl (C=O) groups is 1. The molecule has 1 aliphatic rings. The van der Waals surface area contributed by atoms with Gasteiger partial charge in [-0.3, -0.25) is 0 Å². The topological polar surface area (TPSA) is 47.4 Å². The highest BCUT2D eigenvalue weighted by molar-refractivity contribution is 5.88. The fraction of sp³-hybridized carbons (Fsp3) is 0.333. The number of carbonyl (C=O) groups excluding carboxylic acids is 1. The van der Waals surface area contributed by atoms with E-state index in [0.29, 0.717) is 11.8 Å². The van der Waals surface area contributed by atoms with Crippen LogP contribution < -0.4 is 0 Å². The van der Waals surface area contributed by atoms with Gasteiger partial charge in [0.05, 0.1) is 18.1 Å². The third-order valence-electron chi connectivity index (χ3n) is 5.54. The second-order valence-electron chi connectivity index (χ2n) is 7.89. The molecule has 0 aliphatic heterocycles. The first-order valence-electron chi connectivity index (χ1n) is 10.0. The Morgan fingerprint density at radius 3 is 2.72 bits per heavy atom. The first-order valence-corrected chi connectivity index (χ1v) is 10.0. The minimum absolute atomic E-state index is 0.356. The number of benzene rings is 2. The van der Waals surface area contributed by atoms with E-state index < -0.39 is 0 Å². The van der Waals surface area contributed by atoms with E-state index in [2.05, 4.69) is 64.7 Å². The molecule has 29 heavy (non-hydrogen) atoms. The Labute approximate surface area is 171 Å². The monoisotopic (exact) mass is 389 g/mol. The molecule has 2 unspecified atom stereocenters. The molecule has 0 saturated heterocycles. The first-order chi connectivity index (χ1) is 14.1. The average molecular weight is 389 g/mol. The lowest BCUT2D eigenvalue weighted by Gasteiger charge is -2.13. The van der Waals surface area contributed by atoms with Gasteiger partial charge in [0.25, 0.3) is 0 Å². The molecular weight excluding hydrogens is 362 g/mol. The summed E-state index contributed by atoms with van der Waals surface area (Å²) in [4.78, 5) is 18.6. The van der Waals surface area contributed by atoms with E-state index in [9.17, 15) is 4.79 Å². The van der Waals surface area contributed by atoms with Crippen molar-refractivity contribution in [1.82, 2.24) is 14.5 Å². The van der Waals surface area contributed by atoms with Crippen molar-refractivity contribution in [3.8, 4) is 0 Å². The molecule has 0 bridgehead atoms. The molecule has 0 N–H and O–H groups in total. The normalized spacial score (nSPS) is 18.6. The number of methoxy groups -OCH3 is 1. The lowest BCUT2D eigenvalue weighted by atomic mass is 10.1. The summed E-state index contributed by atoms with van der Waals surface area (Å²) in [6.45, 7) is 1.87. The molecular formula is C24H27N3O2. The van der Waals surface area contributed by atoms with Crippen LogP contribution in [0.15, 0.2) is 54.6 Å². The number of hydrogen-bond donors (Lipinski definition) is 0. The average Bonchev–Trinajstić information content (AvgIpc) is 3.45. The van der Waals surface area contributed by atoms with E-state index in [4.69, 9.17) is 4.98 Å². The number of rotatable bonds is 7. The van der Waals surface area contributed by atoms with Crippen molar-refractivity contribution in [1.29, 1.82) is 0 Å². The number of nitrogens with zero attached hydrogens (tertiary/aromatic N) is 3. The van der Waals surface area contributed by atoms with Crippen molar-refractivity contribution < 1.29 is 9.53 Å². The minimum atomic E-state index is -0.356. The zero-order valence-corrected chi connectivity index (χ0v) is 17.2. The number of ether oxygens (including phenoxy) is 1. The van der Waals surface area contributed by atoms with Gasteiger partial charge in [-0.05, 0) is 55.8 Å². The Balaban J connectivity index is 1.67. The number of aromatic nitrogens is 2. The Hall–Kier alpha value is -2.92. The minimum Gasteiger partial charge on any atom is -0.466 e. The first kappa shape index (κ1) is 19.4. The van der Waals surface area contributed by atoms with E-state index in [0.717, 1.165) is 36.1 Å². The number of esters is 1. The lowest BCUT2D eigenvalue weighted by molar-refractivity contribution is -0.134. The van der Waals surface area contributed by atoms with E-state index in [1.165, 1.54) is 24.6 Å². The van der Waals surface area contributed by atoms with Gasteiger partial charge in [-0.15, -0.1) is 0 Å². The van der Waals surface area contributed by atoms with Crippen LogP contribution in [-0.4, -0.2) is 48.2 Å². The summed E-state index contributed by atoms with van der Waals surface area (Å²) in [5.74, 6) is 1.82. The third kappa shape index (κ3) is 4.25. The summed E-state index contributed by atoms with van der Waals surface area (Å²) in [6.07, 6.45) is 4.36. The fourth-order valence-electron chi connectivity index (χ4n) is 3.87. The SMILES string of the molecule is COC(=O)/C=C/c1ccc2c(c1)nc(C1CC1c1ccccc1)n2CCN(C)C. The van der Waals surface area contributed by atoms with Gasteiger partial charge >= 0.3 is 5.97 Å². The maximum absolute atomic E-state index is 11.4. The van der Waals surface area contributed by atoms with Gasteiger partial charge in [0, 0.05) is 25.1 Å². The molecule has 4 rings (SSSR count). The molecule has 0 spiro atoms. The predicted molar refractivity (Wildman–Crippen MR) is 116 cm³/mol. The second kappa shape index (κ2) is 8.21. The highest BCUT2D eigenvalue weighted by atomic mass is 16.5. The molecule has 3 aromatic rings. The van der Waals surface area contributed by atoms with Crippen molar-refractivity contribution in [3.63, 3.8) is 0 Å². The summed E-state index contributed by atoms with van der Waals surface area (Å²) in [5.41, 5.74) is 4.47. The molecule has 150 valence electrons. The highest BCUT2D eigenvalue weighted by Crippen LogP contribution is 2.54. The number of likely N-dealkylation sites (N-methyl/N-ethyl adjacent to an activating group) is 1. The summed E-state index contributed by atoms with van der Waals surface area (Å²) < 4.78 is 7.05. The fourth-order valence-corrected chi connectivity index (χ4v) is 3.87. The van der Waals surface area contributed by atoms with Crippen molar-refractivity contribution >= 4 is 23.1 Å². The second-order valence-corrected chi connectivity index (χ2v) is 7.89. The van der Waals surface area contributed by atoms with Crippen LogP contribution in [0.5, 0.6) is 0 Å². The summed E-state index contributed by atoms with van der Waals surface area (Å²) in [5, 5.41) is 0. The summed E-state index contributed by atoms with van der Waals surface area (Å²) in [7, 11) is 5.57. The molecule has 1 heterocycles. The molecule has 0 amide bonds. The Morgan fingerprint density at radius 2 is 2.00 bits per heavy atom. The van der Waals surface area contributed by atoms with Gasteiger partial charge in [-0.2, -0.15) is 0 Å². The zero-order chi connectivity index (χ0) is 20.4. The molecule has 1 aromatic heterocycles. The molecule has 1 fully saturated rings. The van der Waals surface area contributed by atoms with Gasteiger partial charge in [0.2, 0.25) is 0 Å². The van der Waals surface area contributed by atoms with Crippen molar-refractivity contribution in [2.24, 2.45) is 0 Å². The van der Waals surface area contributed by atoms with Crippen LogP contribution in [0.25, 0.3) is 17.1 Å². The van der Waals surface area contributed by atoms with Crippen molar-refractivity contribution in [2.45, 2.75) is 24.8 Å². The largest absolute Gasteiger partial charge is 0.466 e. The molecule has 1 aliphatic carbocycles. The highest BCUT2D eigenvalue weighted by Gasteiger charge is 2.42. The number of imidazole rings is 1. The molecule has 0 radical (unpaired) electrons. The standard InChI is InChI=1S/C24H27N3O2/c1-26(2)13-14-27-22-11-9-17(10-12-23(28)29-3)15-21(22)25-24(27)20-16-19(20)18-7-5-4-6-8-18/h4-12,15,19-20H,13-14,16H2,1-3H3/b12-10+. The summed E-state index contributed by atoms with van der Waals surface area (Å²) in [6, 6.07) is 16.9. The van der Waals surface area contributed by atoms with Crippen LogP contribution in [0.1, 0.15) is 35.2 Å². The third-order valence-corrected chi connectivity index (χ3v) is 5.54. The van der Waals surface area contributed by atoms with Gasteiger partial charge in [0.15, 0.2) is 0 Å². The van der Waals surface area contributed by atoms with E-state index in [-0.39, 0.29) is 5.97 Å². The van der Waals surface area contributed by atoms with Gasteiger partial charge < -0.3 is 14.2 Å². The van der Waals surface area contributed by atoms with Gasteiger partial charge in [-0.25, -0.2) is 9.78 Å². The zero-order valence-electron chi connectivity index (χ0n) is 17.2. The van der Waals surface area contributed by atoms with E-state index >= 15 is 0 Å². The number of hydrogen-bond acceptors (Lipinski definition) is 4. The molecule has 5 nitrogen and oxygen atoms in total. The van der Waals surface area contributed by atoms with Crippen molar-refractivity contribution in [3.05, 3.63) is 71.6 Å². The predicted octanol–water partition coefficient (Wildman–Crippen LogP) is 4.06. The van der Waals surface area contributed by atoms with E-state index in [1.807, 2.05) is 12.1 Å². The molecule has 2 atom stereocenters. The number of fused-ring (bicyclic) bond motifs is 1. The lowest BCUT2D eigenvalue weighted by Crippen LogP contribution is -2.19. The van der Waals surface area contributed by atoms with Crippen LogP contribution in [-0.2, 0) is 16.1 Å². The molecule has 2 aromatic carbocycles. The summed E-state index contributed by atoms with van der Waals surface area (Å²) >= 11 is 0. The van der Waals surface area contributed by atoms with Gasteiger partial charge in [0.1, 0.15) is 5.82 Å². The maximum atomic E-state index is 11.4. The molecule has 5 heteroatoms. The van der Waals surface area contributed by atoms with Crippen LogP contribution in [0, 0.1) is 0 Å². The van der Waals surface area contributed by atoms with Crippen LogP contribution in [0.2, 0.25) is 0 Å². The van der Waals surface area contributed by atoms with Crippen LogP contribution in [0.3, 0.4) is 0 Å². The maximum Gasteiger partial charge on any atom is 0.330 e. The van der Waals surface area contributed by atoms with Crippen LogP contribution >= 0.6 is 0 Å². The quantitative estimate of drug-likeness (QED) is 0.452. The Bertz CT molecular complexity index is 1040. The Morgan fingerprint density at radius 1 is 1.21 bits per heavy atom. The molecule has 1 saturated carbocycles. The van der Waals surface area contributed by atoms with E-state index in [1.54, 1.807) is 6.08 Å². The van der Waals surface area contributed by atoms with Crippen molar-refractivity contribution in [2.75, 3.05) is 27.7 Å². The van der Waals surface area contributed by atoms with Crippen LogP contribution in [0.4, 0.5) is 0 Å². The Kier molecular flexibility index (Phi) is 5.49.